The Labute approximate surface area is 104 Å². The zero-order chi connectivity index (χ0) is 13.5. The van der Waals surface area contributed by atoms with Crippen LogP contribution in [0.15, 0.2) is 0 Å². The van der Waals surface area contributed by atoms with Gasteiger partial charge in [-0.3, -0.25) is 4.79 Å². The average molecular weight is 266 g/mol. The highest BCUT2D eigenvalue weighted by Gasteiger charge is 2.54. The van der Waals surface area contributed by atoms with Crippen LogP contribution in [-0.4, -0.2) is 32.0 Å². The van der Waals surface area contributed by atoms with E-state index in [-0.39, 0.29) is 24.7 Å². The molecule has 1 saturated heterocycles. The van der Waals surface area contributed by atoms with Gasteiger partial charge in [-0.05, 0) is 18.8 Å². The van der Waals surface area contributed by atoms with Crippen LogP contribution in [0.3, 0.4) is 0 Å². The van der Waals surface area contributed by atoms with E-state index in [1.165, 1.54) is 7.11 Å². The van der Waals surface area contributed by atoms with Crippen molar-refractivity contribution in [2.45, 2.75) is 32.0 Å². The van der Waals surface area contributed by atoms with Crippen molar-refractivity contribution in [1.82, 2.24) is 0 Å². The molecule has 6 heteroatoms. The van der Waals surface area contributed by atoms with Crippen molar-refractivity contribution in [3.8, 4) is 0 Å². The Bertz CT molecular complexity index is 329. The first-order valence-corrected chi connectivity index (χ1v) is 6.10. The summed E-state index contributed by atoms with van der Waals surface area (Å²) in [6.07, 6.45) is -4.95. The van der Waals surface area contributed by atoms with Crippen LogP contribution in [0.4, 0.5) is 13.2 Å². The standard InChI is InChI=1S/C12H17F3O3/c1-6-5-18-9-4-7(12(13,14)15)3-8(10(6)9)11(16)17-2/h6-10H,3-5H2,1-2H3/t6-,7+,8-,9+,10-/m1/s1. The van der Waals surface area contributed by atoms with Crippen LogP contribution in [-0.2, 0) is 14.3 Å². The van der Waals surface area contributed by atoms with Crippen molar-refractivity contribution in [2.75, 3.05) is 13.7 Å². The summed E-state index contributed by atoms with van der Waals surface area (Å²) in [4.78, 5) is 11.7. The summed E-state index contributed by atoms with van der Waals surface area (Å²) in [5, 5.41) is 0. The fourth-order valence-corrected chi connectivity index (χ4v) is 3.26. The monoisotopic (exact) mass is 266 g/mol. The lowest BCUT2D eigenvalue weighted by Crippen LogP contribution is -2.44. The van der Waals surface area contributed by atoms with Gasteiger partial charge in [-0.2, -0.15) is 13.2 Å². The van der Waals surface area contributed by atoms with E-state index < -0.39 is 30.1 Å². The van der Waals surface area contributed by atoms with E-state index in [0.717, 1.165) is 0 Å². The number of alkyl halides is 3. The number of hydrogen-bond donors (Lipinski definition) is 0. The van der Waals surface area contributed by atoms with Crippen LogP contribution in [0.2, 0.25) is 0 Å². The normalized spacial score (nSPS) is 40.4. The van der Waals surface area contributed by atoms with Crippen LogP contribution < -0.4 is 0 Å². The van der Waals surface area contributed by atoms with Crippen molar-refractivity contribution in [2.24, 2.45) is 23.7 Å². The molecule has 2 rings (SSSR count). The number of carbonyl (C=O) groups is 1. The third-order valence-corrected chi connectivity index (χ3v) is 4.15. The maximum atomic E-state index is 12.8. The van der Waals surface area contributed by atoms with Gasteiger partial charge >= 0.3 is 12.1 Å². The molecule has 1 heterocycles. The van der Waals surface area contributed by atoms with E-state index in [1.807, 2.05) is 6.92 Å². The van der Waals surface area contributed by atoms with Crippen molar-refractivity contribution in [3.05, 3.63) is 0 Å². The molecular formula is C12H17F3O3. The molecule has 0 aromatic rings. The van der Waals surface area contributed by atoms with Crippen LogP contribution >= 0.6 is 0 Å². The van der Waals surface area contributed by atoms with Crippen molar-refractivity contribution < 1.29 is 27.4 Å². The number of fused-ring (bicyclic) bond motifs is 1. The zero-order valence-corrected chi connectivity index (χ0v) is 10.4. The molecule has 104 valence electrons. The number of methoxy groups -OCH3 is 1. The Balaban J connectivity index is 2.21. The van der Waals surface area contributed by atoms with Gasteiger partial charge in [-0.1, -0.05) is 6.92 Å². The van der Waals surface area contributed by atoms with Crippen molar-refractivity contribution in [3.63, 3.8) is 0 Å². The molecular weight excluding hydrogens is 249 g/mol. The Morgan fingerprint density at radius 3 is 2.56 bits per heavy atom. The van der Waals surface area contributed by atoms with E-state index in [9.17, 15) is 18.0 Å². The summed E-state index contributed by atoms with van der Waals surface area (Å²) in [5.74, 6) is -2.74. The van der Waals surface area contributed by atoms with Gasteiger partial charge < -0.3 is 9.47 Å². The van der Waals surface area contributed by atoms with Gasteiger partial charge in [0.05, 0.1) is 25.0 Å². The minimum atomic E-state index is -4.27. The number of halogens is 3. The number of esters is 1. The molecule has 18 heavy (non-hydrogen) atoms. The van der Waals surface area contributed by atoms with E-state index >= 15 is 0 Å². The lowest BCUT2D eigenvalue weighted by molar-refractivity contribution is -0.201. The van der Waals surface area contributed by atoms with Gasteiger partial charge in [0.1, 0.15) is 0 Å². The summed E-state index contributed by atoms with van der Waals surface area (Å²) in [6, 6.07) is 0. The first-order valence-electron chi connectivity index (χ1n) is 6.10. The molecule has 3 nitrogen and oxygen atoms in total. The molecule has 0 aromatic carbocycles. The van der Waals surface area contributed by atoms with Crippen molar-refractivity contribution in [1.29, 1.82) is 0 Å². The third kappa shape index (κ3) is 2.35. The molecule has 5 atom stereocenters. The van der Waals surface area contributed by atoms with Crippen LogP contribution in [0.1, 0.15) is 19.8 Å². The molecule has 2 aliphatic rings. The highest BCUT2D eigenvalue weighted by Crippen LogP contribution is 2.48. The van der Waals surface area contributed by atoms with Gasteiger partial charge in [-0.15, -0.1) is 0 Å². The molecule has 0 spiro atoms. The van der Waals surface area contributed by atoms with Crippen LogP contribution in [0, 0.1) is 23.7 Å². The molecule has 0 amide bonds. The van der Waals surface area contributed by atoms with Gasteiger partial charge in [0.15, 0.2) is 0 Å². The Morgan fingerprint density at radius 1 is 1.33 bits per heavy atom. The number of ether oxygens (including phenoxy) is 2. The summed E-state index contributed by atoms with van der Waals surface area (Å²) in [5.41, 5.74) is 0. The molecule has 0 radical (unpaired) electrons. The van der Waals surface area contributed by atoms with Gasteiger partial charge in [-0.25, -0.2) is 0 Å². The van der Waals surface area contributed by atoms with Crippen LogP contribution in [0.5, 0.6) is 0 Å². The van der Waals surface area contributed by atoms with E-state index in [0.29, 0.717) is 6.61 Å². The minimum absolute atomic E-state index is 0.0357. The molecule has 1 saturated carbocycles. The molecule has 0 aromatic heterocycles. The number of carbonyl (C=O) groups excluding carboxylic acids is 1. The van der Waals surface area contributed by atoms with Gasteiger partial charge in [0.2, 0.25) is 0 Å². The second-order valence-corrected chi connectivity index (χ2v) is 5.27. The van der Waals surface area contributed by atoms with E-state index in [2.05, 4.69) is 4.74 Å². The SMILES string of the molecule is COC(=O)[C@@H]1C[C@H](C(F)(F)F)C[C@@H]2OC[C@@H](C)[C@@H]21. The Kier molecular flexibility index (Phi) is 3.58. The predicted molar refractivity (Wildman–Crippen MR) is 56.7 cm³/mol. The number of rotatable bonds is 1. The first-order chi connectivity index (χ1) is 8.34. The Hall–Kier alpha value is -0.780. The summed E-state index contributed by atoms with van der Waals surface area (Å²) in [7, 11) is 1.22. The molecule has 1 aliphatic carbocycles. The first kappa shape index (κ1) is 13.6. The molecule has 0 bridgehead atoms. The number of hydrogen-bond acceptors (Lipinski definition) is 3. The van der Waals surface area contributed by atoms with Crippen LogP contribution in [0.25, 0.3) is 0 Å². The predicted octanol–water partition coefficient (Wildman–Crippen LogP) is 2.40. The topological polar surface area (TPSA) is 35.5 Å². The third-order valence-electron chi connectivity index (χ3n) is 4.15. The lowest BCUT2D eigenvalue weighted by Gasteiger charge is -2.38. The largest absolute Gasteiger partial charge is 0.469 e. The zero-order valence-electron chi connectivity index (χ0n) is 10.4. The quantitative estimate of drug-likeness (QED) is 0.684. The fraction of sp³-hybridized carbons (Fsp3) is 0.917. The second kappa shape index (κ2) is 4.72. The fourth-order valence-electron chi connectivity index (χ4n) is 3.26. The van der Waals surface area contributed by atoms with E-state index in [1.54, 1.807) is 0 Å². The molecule has 2 fully saturated rings. The Morgan fingerprint density at radius 2 is 2.00 bits per heavy atom. The maximum absolute atomic E-state index is 12.8. The maximum Gasteiger partial charge on any atom is 0.391 e. The smallest absolute Gasteiger partial charge is 0.391 e. The average Bonchev–Trinajstić information content (AvgIpc) is 2.68. The van der Waals surface area contributed by atoms with Gasteiger partial charge in [0.25, 0.3) is 0 Å². The summed E-state index contributed by atoms with van der Waals surface area (Å²) < 4.78 is 48.5. The molecule has 0 unspecified atom stereocenters. The summed E-state index contributed by atoms with van der Waals surface area (Å²) >= 11 is 0. The minimum Gasteiger partial charge on any atom is -0.469 e. The van der Waals surface area contributed by atoms with Crippen molar-refractivity contribution >= 4 is 5.97 Å². The molecule has 1 aliphatic heterocycles. The van der Waals surface area contributed by atoms with Gasteiger partial charge in [0, 0.05) is 12.5 Å². The highest BCUT2D eigenvalue weighted by molar-refractivity contribution is 5.73. The van der Waals surface area contributed by atoms with E-state index in [4.69, 9.17) is 4.74 Å². The second-order valence-electron chi connectivity index (χ2n) is 5.27. The highest BCUT2D eigenvalue weighted by atomic mass is 19.4. The molecule has 0 N–H and O–H groups in total. The summed E-state index contributed by atoms with van der Waals surface area (Å²) in [6.45, 7) is 2.34. The lowest BCUT2D eigenvalue weighted by atomic mass is 9.69.